The Kier molecular flexibility index (Phi) is 16.0. The minimum Gasteiger partial charge on any atom is -0.251 e. The summed E-state index contributed by atoms with van der Waals surface area (Å²) >= 11 is 0. The van der Waals surface area contributed by atoms with Crippen LogP contribution in [0.15, 0.2) is 89.4 Å². The summed E-state index contributed by atoms with van der Waals surface area (Å²) in [7, 11) is 0. The van der Waals surface area contributed by atoms with Crippen LogP contribution in [0.3, 0.4) is 0 Å². The van der Waals surface area contributed by atoms with Crippen LogP contribution in [-0.2, 0) is 17.1 Å². The Labute approximate surface area is 254 Å². The molecule has 3 nitrogen and oxygen atoms in total. The predicted molar refractivity (Wildman–Crippen MR) is 173 cm³/mol. The van der Waals surface area contributed by atoms with Crippen LogP contribution in [-0.4, -0.2) is 16.4 Å². The van der Waals surface area contributed by atoms with Crippen LogP contribution in [0.4, 0.5) is 11.4 Å². The summed E-state index contributed by atoms with van der Waals surface area (Å²) in [6.07, 6.45) is 7.99. The number of aromatic nitrogens is 1. The third kappa shape index (κ3) is 10.8. The predicted octanol–water partition coefficient (Wildman–Crippen LogP) is 10.7. The molecule has 3 aromatic rings. The molecule has 0 aliphatic heterocycles. The summed E-state index contributed by atoms with van der Waals surface area (Å²) in [6.45, 7) is 21.9. The number of para-hydroxylation sites is 2. The Hall–Kier alpha value is -3.07. The van der Waals surface area contributed by atoms with Gasteiger partial charge in [0.15, 0.2) is 0 Å². The Morgan fingerprint density at radius 1 is 0.700 bits per heavy atom. The number of allylic oxidation sites excluding steroid dienone is 2. The van der Waals surface area contributed by atoms with Gasteiger partial charge in [0, 0.05) is 17.1 Å². The first-order chi connectivity index (χ1) is 18.7. The van der Waals surface area contributed by atoms with Crippen molar-refractivity contribution in [2.24, 2.45) is 9.98 Å². The number of hydrogen-bond donors (Lipinski definition) is 0. The Balaban J connectivity index is 0.00000122. The topological polar surface area (TPSA) is 37.6 Å². The van der Waals surface area contributed by atoms with E-state index in [0.717, 1.165) is 78.3 Å². The summed E-state index contributed by atoms with van der Waals surface area (Å²) in [5, 5.41) is 0. The molecule has 40 heavy (non-hydrogen) atoms. The van der Waals surface area contributed by atoms with E-state index < -0.39 is 0 Å². The van der Waals surface area contributed by atoms with Gasteiger partial charge in [0.25, 0.3) is 0 Å². The van der Waals surface area contributed by atoms with Crippen molar-refractivity contribution in [3.63, 3.8) is 0 Å². The second-order valence-electron chi connectivity index (χ2n) is 10.3. The molecule has 0 atom stereocenters. The molecular formula is C36H47FeN3. The van der Waals surface area contributed by atoms with Crippen LogP contribution in [0.2, 0.25) is 0 Å². The molecule has 0 aliphatic carbocycles. The fourth-order valence-electron chi connectivity index (χ4n) is 4.16. The Morgan fingerprint density at radius 3 is 1.32 bits per heavy atom. The molecule has 1 aromatic heterocycles. The third-order valence-electron chi connectivity index (χ3n) is 6.60. The largest absolute Gasteiger partial charge is 0.251 e. The van der Waals surface area contributed by atoms with Crippen molar-refractivity contribution in [1.82, 2.24) is 4.98 Å². The number of aryl methyl sites for hydroxylation is 4. The number of rotatable bonds is 11. The molecule has 0 aliphatic rings. The number of nitrogens with zero attached hydrogens (tertiary/aromatic N) is 3. The summed E-state index contributed by atoms with van der Waals surface area (Å²) in [6, 6.07) is 19.0. The molecule has 0 saturated carbocycles. The number of hydrogen-bond acceptors (Lipinski definition) is 3. The van der Waals surface area contributed by atoms with E-state index in [2.05, 4.69) is 109 Å². The van der Waals surface area contributed by atoms with Gasteiger partial charge in [-0.25, -0.2) is 4.98 Å². The minimum absolute atomic E-state index is 0. The van der Waals surface area contributed by atoms with Crippen molar-refractivity contribution in [2.75, 3.05) is 0 Å². The molecule has 0 N–H and O–H groups in total. The SMILES string of the molecule is C=CC(=C)C.CCCCC(=Nc1c(C)cccc1C)c1cccc(C(CCCC)=Nc2c(C)cccc2C)n1.[Fe]. The molecule has 2 aromatic carbocycles. The van der Waals surface area contributed by atoms with Gasteiger partial charge in [-0.15, -0.1) is 0 Å². The summed E-state index contributed by atoms with van der Waals surface area (Å²) < 4.78 is 0. The molecule has 0 spiro atoms. The van der Waals surface area contributed by atoms with Crippen LogP contribution in [0.5, 0.6) is 0 Å². The van der Waals surface area contributed by atoms with Crippen molar-refractivity contribution < 1.29 is 17.1 Å². The quantitative estimate of drug-likeness (QED) is 0.127. The van der Waals surface area contributed by atoms with Crippen molar-refractivity contribution in [3.8, 4) is 0 Å². The van der Waals surface area contributed by atoms with Gasteiger partial charge in [-0.05, 0) is 94.7 Å². The molecule has 214 valence electrons. The van der Waals surface area contributed by atoms with Gasteiger partial charge in [0.2, 0.25) is 0 Å². The number of benzene rings is 2. The van der Waals surface area contributed by atoms with Crippen molar-refractivity contribution in [2.45, 2.75) is 87.0 Å². The molecule has 0 radical (unpaired) electrons. The maximum atomic E-state index is 5.15. The maximum Gasteiger partial charge on any atom is 0.0852 e. The van der Waals surface area contributed by atoms with E-state index in [1.165, 1.54) is 22.3 Å². The second-order valence-corrected chi connectivity index (χ2v) is 10.3. The zero-order valence-electron chi connectivity index (χ0n) is 25.6. The van der Waals surface area contributed by atoms with E-state index in [1.54, 1.807) is 6.08 Å². The van der Waals surface area contributed by atoms with Crippen LogP contribution >= 0.6 is 0 Å². The minimum atomic E-state index is 0. The van der Waals surface area contributed by atoms with Crippen LogP contribution in [0, 0.1) is 27.7 Å². The van der Waals surface area contributed by atoms with E-state index in [9.17, 15) is 0 Å². The van der Waals surface area contributed by atoms with E-state index in [-0.39, 0.29) is 17.1 Å². The molecular weight excluding hydrogens is 530 g/mol. The molecule has 0 amide bonds. The van der Waals surface area contributed by atoms with Gasteiger partial charge in [-0.3, -0.25) is 9.98 Å². The Bertz CT molecular complexity index is 1190. The first-order valence-electron chi connectivity index (χ1n) is 14.2. The van der Waals surface area contributed by atoms with E-state index in [4.69, 9.17) is 15.0 Å². The van der Waals surface area contributed by atoms with Crippen LogP contribution in [0.1, 0.15) is 92.9 Å². The Morgan fingerprint density at radius 2 is 1.02 bits per heavy atom. The fraction of sp³-hybridized carbons (Fsp3) is 0.361. The van der Waals surface area contributed by atoms with E-state index >= 15 is 0 Å². The van der Waals surface area contributed by atoms with Crippen LogP contribution in [0.25, 0.3) is 0 Å². The van der Waals surface area contributed by atoms with Crippen LogP contribution < -0.4 is 0 Å². The standard InChI is InChI=1S/C31H39N3.C5H8.Fe/c1-7-9-18-28(33-30-22(3)14-11-15-23(30)4)26-20-13-21-27(32-26)29(19-10-8-2)34-31-24(5)16-12-17-25(31)6;1-4-5(2)3;/h11-17,20-21H,7-10,18-19H2,1-6H3;4H,1-2H2,3H3;. The van der Waals surface area contributed by atoms with Gasteiger partial charge in [0.05, 0.1) is 34.2 Å². The molecule has 4 heteroatoms. The average molecular weight is 578 g/mol. The molecule has 3 rings (SSSR count). The van der Waals surface area contributed by atoms with E-state index in [0.29, 0.717) is 0 Å². The average Bonchev–Trinajstić information content (AvgIpc) is 2.92. The van der Waals surface area contributed by atoms with Crippen molar-refractivity contribution in [3.05, 3.63) is 113 Å². The number of pyridine rings is 1. The van der Waals surface area contributed by atoms with Gasteiger partial charge in [-0.1, -0.05) is 94.0 Å². The molecule has 0 saturated heterocycles. The zero-order valence-corrected chi connectivity index (χ0v) is 26.7. The van der Waals surface area contributed by atoms with Crippen molar-refractivity contribution in [1.29, 1.82) is 0 Å². The zero-order chi connectivity index (χ0) is 28.8. The maximum absolute atomic E-state index is 5.15. The molecule has 0 unspecified atom stereocenters. The molecule has 0 fully saturated rings. The number of unbranched alkanes of at least 4 members (excludes halogenated alkanes) is 2. The van der Waals surface area contributed by atoms with Gasteiger partial charge >= 0.3 is 0 Å². The van der Waals surface area contributed by atoms with Gasteiger partial charge in [-0.2, -0.15) is 0 Å². The monoisotopic (exact) mass is 577 g/mol. The third-order valence-corrected chi connectivity index (χ3v) is 6.60. The normalized spacial score (nSPS) is 11.3. The first-order valence-corrected chi connectivity index (χ1v) is 14.2. The smallest absolute Gasteiger partial charge is 0.0852 e. The van der Waals surface area contributed by atoms with Gasteiger partial charge < -0.3 is 0 Å². The second kappa shape index (κ2) is 18.3. The van der Waals surface area contributed by atoms with Gasteiger partial charge in [0.1, 0.15) is 0 Å². The first kappa shape index (κ1) is 35.0. The summed E-state index contributed by atoms with van der Waals surface area (Å²) in [5.41, 5.74) is 12.0. The van der Waals surface area contributed by atoms with Crippen molar-refractivity contribution >= 4 is 22.8 Å². The molecule has 0 bridgehead atoms. The fourth-order valence-corrected chi connectivity index (χ4v) is 4.16. The summed E-state index contributed by atoms with van der Waals surface area (Å²) in [5.74, 6) is 0. The summed E-state index contributed by atoms with van der Waals surface area (Å²) in [4.78, 5) is 15.4. The number of aliphatic imine (C=N–C) groups is 2. The molecule has 1 heterocycles. The van der Waals surface area contributed by atoms with E-state index in [1.807, 2.05) is 6.92 Å².